The van der Waals surface area contributed by atoms with Crippen molar-refractivity contribution >= 4 is 30.0 Å². The average Bonchev–Trinajstić information content (AvgIpc) is 3.00. The van der Waals surface area contributed by atoms with E-state index in [1.165, 1.54) is 0 Å². The molecule has 12 nitrogen and oxygen atoms in total. The Balaban J connectivity index is 1.41. The summed E-state index contributed by atoms with van der Waals surface area (Å²) in [6.45, 7) is 9.33. The smallest absolute Gasteiger partial charge is 0.410 e. The molecule has 2 atom stereocenters. The van der Waals surface area contributed by atoms with Gasteiger partial charge in [-0.25, -0.2) is 14.4 Å². The quantitative estimate of drug-likeness (QED) is 0.284. The van der Waals surface area contributed by atoms with Crippen LogP contribution in [0.1, 0.15) is 71.8 Å². The second-order valence-electron chi connectivity index (χ2n) is 12.4. The van der Waals surface area contributed by atoms with Crippen LogP contribution in [0.2, 0.25) is 0 Å². The summed E-state index contributed by atoms with van der Waals surface area (Å²) in [4.78, 5) is 66.7. The summed E-state index contributed by atoms with van der Waals surface area (Å²) in [5, 5.41) is 5.23. The molecular formula is C32H48N4O8. The van der Waals surface area contributed by atoms with Gasteiger partial charge in [-0.1, -0.05) is 30.3 Å². The highest BCUT2D eigenvalue weighted by Gasteiger charge is 2.31. The number of piperidine rings is 2. The molecule has 2 aliphatic heterocycles. The number of esters is 1. The van der Waals surface area contributed by atoms with Crippen LogP contribution in [0.5, 0.6) is 0 Å². The van der Waals surface area contributed by atoms with E-state index in [0.29, 0.717) is 51.4 Å². The average molecular weight is 617 g/mol. The van der Waals surface area contributed by atoms with Gasteiger partial charge in [0.2, 0.25) is 11.8 Å². The number of nitrogens with zero attached hydrogens (tertiary/aromatic N) is 2. The topological polar surface area (TPSA) is 144 Å². The minimum absolute atomic E-state index is 0.0179. The van der Waals surface area contributed by atoms with Crippen molar-refractivity contribution in [3.05, 3.63) is 35.9 Å². The molecule has 2 aliphatic rings. The van der Waals surface area contributed by atoms with E-state index in [0.717, 1.165) is 24.8 Å². The number of amides is 4. The molecule has 12 heteroatoms. The van der Waals surface area contributed by atoms with Crippen molar-refractivity contribution in [1.29, 1.82) is 0 Å². The van der Waals surface area contributed by atoms with Gasteiger partial charge in [-0.3, -0.25) is 9.59 Å². The molecular weight excluding hydrogens is 568 g/mol. The maximum atomic E-state index is 13.0. The third-order valence-electron chi connectivity index (χ3n) is 7.73. The molecule has 0 radical (unpaired) electrons. The van der Waals surface area contributed by atoms with Gasteiger partial charge in [-0.05, 0) is 71.3 Å². The Morgan fingerprint density at radius 3 is 2.32 bits per heavy atom. The SMILES string of the molecule is CCOC(=O)[C@@H](CNC(=O)[C@@H]1CCCN(C(=O)CCC2CCN(C(=O)OC(C)(C)C)CC2)C1)NC(=O)OCc1ccccc1. The number of carbonyl (C=O) groups excluding carboxylic acids is 5. The molecule has 1 aromatic carbocycles. The molecule has 0 bridgehead atoms. The second kappa shape index (κ2) is 16.9. The van der Waals surface area contributed by atoms with Crippen molar-refractivity contribution in [2.24, 2.45) is 11.8 Å². The summed E-state index contributed by atoms with van der Waals surface area (Å²) in [7, 11) is 0. The van der Waals surface area contributed by atoms with Crippen molar-refractivity contribution in [1.82, 2.24) is 20.4 Å². The van der Waals surface area contributed by atoms with Gasteiger partial charge < -0.3 is 34.6 Å². The second-order valence-corrected chi connectivity index (χ2v) is 12.4. The highest BCUT2D eigenvalue weighted by atomic mass is 16.6. The van der Waals surface area contributed by atoms with E-state index in [4.69, 9.17) is 14.2 Å². The minimum atomic E-state index is -1.12. The molecule has 0 aliphatic carbocycles. The molecule has 2 N–H and O–H groups in total. The predicted molar refractivity (Wildman–Crippen MR) is 162 cm³/mol. The molecule has 244 valence electrons. The Kier molecular flexibility index (Phi) is 13.3. The first kappa shape index (κ1) is 34.7. The van der Waals surface area contributed by atoms with Crippen LogP contribution in [-0.2, 0) is 35.2 Å². The third kappa shape index (κ3) is 11.7. The summed E-state index contributed by atoms with van der Waals surface area (Å²) in [6, 6.07) is 8.01. The maximum absolute atomic E-state index is 13.0. The van der Waals surface area contributed by atoms with Crippen LogP contribution in [0.3, 0.4) is 0 Å². The van der Waals surface area contributed by atoms with Gasteiger partial charge in [0.25, 0.3) is 0 Å². The van der Waals surface area contributed by atoms with Crippen molar-refractivity contribution in [2.75, 3.05) is 39.3 Å². The van der Waals surface area contributed by atoms with Gasteiger partial charge in [-0.15, -0.1) is 0 Å². The standard InChI is InChI=1S/C32H48N4O8/c1-5-42-29(39)26(34-30(40)43-22-24-10-7-6-8-11-24)20-33-28(38)25-12-9-17-36(21-25)27(37)14-13-23-15-18-35(19-16-23)31(41)44-32(2,3)4/h6-8,10-11,23,25-26H,5,9,12-22H2,1-4H3,(H,33,38)(H,34,40)/t25-,26-/m1/s1. The zero-order valence-electron chi connectivity index (χ0n) is 26.5. The van der Waals surface area contributed by atoms with Crippen LogP contribution >= 0.6 is 0 Å². The number of rotatable bonds is 11. The largest absolute Gasteiger partial charge is 0.464 e. The Bertz CT molecular complexity index is 1120. The highest BCUT2D eigenvalue weighted by molar-refractivity contribution is 5.84. The van der Waals surface area contributed by atoms with E-state index in [-0.39, 0.29) is 37.7 Å². The van der Waals surface area contributed by atoms with Gasteiger partial charge >= 0.3 is 18.2 Å². The molecule has 2 heterocycles. The lowest BCUT2D eigenvalue weighted by molar-refractivity contribution is -0.145. The Morgan fingerprint density at radius 2 is 1.66 bits per heavy atom. The number of likely N-dealkylation sites (tertiary alicyclic amines) is 2. The van der Waals surface area contributed by atoms with E-state index < -0.39 is 29.6 Å². The fourth-order valence-corrected chi connectivity index (χ4v) is 5.32. The minimum Gasteiger partial charge on any atom is -0.464 e. The van der Waals surface area contributed by atoms with E-state index >= 15 is 0 Å². The monoisotopic (exact) mass is 616 g/mol. The summed E-state index contributed by atoms with van der Waals surface area (Å²) < 4.78 is 15.7. The fourth-order valence-electron chi connectivity index (χ4n) is 5.32. The van der Waals surface area contributed by atoms with Crippen LogP contribution in [0.25, 0.3) is 0 Å². The van der Waals surface area contributed by atoms with Crippen molar-refractivity contribution in [3.8, 4) is 0 Å². The first-order valence-electron chi connectivity index (χ1n) is 15.6. The Morgan fingerprint density at radius 1 is 0.955 bits per heavy atom. The molecule has 1 aromatic rings. The molecule has 3 rings (SSSR count). The normalized spacial score (nSPS) is 18.1. The van der Waals surface area contributed by atoms with Crippen LogP contribution in [0, 0.1) is 11.8 Å². The van der Waals surface area contributed by atoms with E-state index in [1.807, 2.05) is 51.1 Å². The van der Waals surface area contributed by atoms with Crippen molar-refractivity contribution < 1.29 is 38.2 Å². The van der Waals surface area contributed by atoms with Gasteiger partial charge in [0, 0.05) is 39.1 Å². The van der Waals surface area contributed by atoms with Crippen LogP contribution in [0.4, 0.5) is 9.59 Å². The lowest BCUT2D eigenvalue weighted by atomic mass is 9.91. The molecule has 0 unspecified atom stereocenters. The number of ether oxygens (including phenoxy) is 3. The number of hydrogen-bond acceptors (Lipinski definition) is 8. The molecule has 4 amide bonds. The number of benzene rings is 1. The summed E-state index contributed by atoms with van der Waals surface area (Å²) in [5.74, 6) is -1.01. The lowest BCUT2D eigenvalue weighted by Crippen LogP contribution is -2.52. The lowest BCUT2D eigenvalue weighted by Gasteiger charge is -2.34. The zero-order valence-corrected chi connectivity index (χ0v) is 26.5. The summed E-state index contributed by atoms with van der Waals surface area (Å²) >= 11 is 0. The maximum Gasteiger partial charge on any atom is 0.410 e. The van der Waals surface area contributed by atoms with Gasteiger partial charge in [0.1, 0.15) is 18.2 Å². The zero-order chi connectivity index (χ0) is 32.1. The van der Waals surface area contributed by atoms with E-state index in [1.54, 1.807) is 16.7 Å². The first-order chi connectivity index (χ1) is 20.9. The van der Waals surface area contributed by atoms with E-state index in [2.05, 4.69) is 10.6 Å². The van der Waals surface area contributed by atoms with Gasteiger partial charge in [0.05, 0.1) is 12.5 Å². The Labute approximate surface area is 260 Å². The Hall–Kier alpha value is -3.83. The molecule has 2 saturated heterocycles. The number of hydrogen-bond donors (Lipinski definition) is 2. The summed E-state index contributed by atoms with van der Waals surface area (Å²) in [6.07, 6.45) is 3.01. The van der Waals surface area contributed by atoms with Crippen molar-refractivity contribution in [2.45, 2.75) is 84.5 Å². The van der Waals surface area contributed by atoms with Crippen LogP contribution < -0.4 is 10.6 Å². The van der Waals surface area contributed by atoms with Crippen molar-refractivity contribution in [3.63, 3.8) is 0 Å². The fraction of sp³-hybridized carbons (Fsp3) is 0.656. The molecule has 0 spiro atoms. The summed E-state index contributed by atoms with van der Waals surface area (Å²) in [5.41, 5.74) is 0.267. The van der Waals surface area contributed by atoms with Crippen LogP contribution in [-0.4, -0.2) is 90.7 Å². The third-order valence-corrected chi connectivity index (χ3v) is 7.73. The highest BCUT2D eigenvalue weighted by Crippen LogP contribution is 2.25. The molecule has 0 aromatic heterocycles. The number of carbonyl (C=O) groups is 5. The predicted octanol–water partition coefficient (Wildman–Crippen LogP) is 3.63. The van der Waals surface area contributed by atoms with E-state index in [9.17, 15) is 24.0 Å². The van der Waals surface area contributed by atoms with Gasteiger partial charge in [-0.2, -0.15) is 0 Å². The molecule has 0 saturated carbocycles. The first-order valence-corrected chi connectivity index (χ1v) is 15.6. The van der Waals surface area contributed by atoms with Gasteiger partial charge in [0.15, 0.2) is 0 Å². The molecule has 44 heavy (non-hydrogen) atoms. The number of alkyl carbamates (subject to hydrolysis) is 1. The van der Waals surface area contributed by atoms with Crippen LogP contribution in [0.15, 0.2) is 30.3 Å². The molecule has 2 fully saturated rings. The number of nitrogens with one attached hydrogen (secondary N) is 2.